The van der Waals surface area contributed by atoms with Gasteiger partial charge in [-0.05, 0) is 17.5 Å². The Bertz CT molecular complexity index is 1310. The highest BCUT2D eigenvalue weighted by Gasteiger charge is 2.41. The first kappa shape index (κ1) is 25.2. The molecule has 36 heavy (non-hydrogen) atoms. The van der Waals surface area contributed by atoms with Gasteiger partial charge < -0.3 is 10.2 Å². The summed E-state index contributed by atoms with van der Waals surface area (Å²) in [5.41, 5.74) is 0.924. The maximum atomic E-state index is 14.7. The van der Waals surface area contributed by atoms with E-state index in [1.807, 2.05) is 19.9 Å². The van der Waals surface area contributed by atoms with Crippen molar-refractivity contribution in [3.8, 4) is 0 Å². The molecule has 9 nitrogen and oxygen atoms in total. The Morgan fingerprint density at radius 1 is 1.19 bits per heavy atom. The topological polar surface area (TPSA) is 113 Å². The fraction of sp³-hybridized carbons (Fsp3) is 0.400. The number of pyridine rings is 1. The molecule has 3 aromatic rings. The van der Waals surface area contributed by atoms with E-state index in [1.54, 1.807) is 36.4 Å². The molecule has 4 rings (SSSR count). The number of hydrogen-bond acceptors (Lipinski definition) is 5. The van der Waals surface area contributed by atoms with Gasteiger partial charge in [-0.1, -0.05) is 50.2 Å². The minimum atomic E-state index is -1.39. The fourth-order valence-electron chi connectivity index (χ4n) is 4.35. The molecule has 1 saturated heterocycles. The van der Waals surface area contributed by atoms with Crippen LogP contribution in [-0.2, 0) is 23.1 Å². The molecule has 0 aliphatic carbocycles. The summed E-state index contributed by atoms with van der Waals surface area (Å²) in [7, 11) is 1.46. The maximum absolute atomic E-state index is 14.7. The molecule has 1 aromatic carbocycles. The van der Waals surface area contributed by atoms with Crippen molar-refractivity contribution in [3.05, 3.63) is 81.5 Å². The first-order chi connectivity index (χ1) is 17.2. The summed E-state index contributed by atoms with van der Waals surface area (Å²) in [6.45, 7) is 3.47. The number of aromatic amines is 1. The summed E-state index contributed by atoms with van der Waals surface area (Å²) in [4.78, 5) is 43.2. The fourth-order valence-corrected chi connectivity index (χ4v) is 4.35. The average molecular weight is 499 g/mol. The molecule has 0 saturated carbocycles. The van der Waals surface area contributed by atoms with E-state index < -0.39 is 41.7 Å². The Hall–Kier alpha value is -3.89. The van der Waals surface area contributed by atoms with E-state index in [0.29, 0.717) is 11.1 Å². The minimum absolute atomic E-state index is 0.0649. The normalized spacial score (nSPS) is 18.4. The van der Waals surface area contributed by atoms with E-state index in [4.69, 9.17) is 0 Å². The van der Waals surface area contributed by atoms with Crippen molar-refractivity contribution >= 4 is 11.8 Å². The van der Waals surface area contributed by atoms with Crippen molar-refractivity contribution in [3.63, 3.8) is 0 Å². The van der Waals surface area contributed by atoms with Gasteiger partial charge in [0.1, 0.15) is 18.0 Å². The quantitative estimate of drug-likeness (QED) is 0.485. The number of carbonyl (C=O) groups is 2. The molecule has 0 unspecified atom stereocenters. The smallest absolute Gasteiger partial charge is 0.342 e. The van der Waals surface area contributed by atoms with Crippen LogP contribution in [0.15, 0.2) is 47.3 Å². The first-order valence-corrected chi connectivity index (χ1v) is 11.7. The van der Waals surface area contributed by atoms with Crippen molar-refractivity contribution in [2.75, 3.05) is 6.54 Å². The Morgan fingerprint density at radius 2 is 1.92 bits per heavy atom. The lowest BCUT2D eigenvalue weighted by Gasteiger charge is -2.26. The van der Waals surface area contributed by atoms with E-state index in [1.165, 1.54) is 11.6 Å². The van der Waals surface area contributed by atoms with Gasteiger partial charge in [-0.25, -0.2) is 19.3 Å². The highest BCUT2D eigenvalue weighted by molar-refractivity contribution is 5.89. The number of halogens is 2. The Labute approximate surface area is 206 Å². The molecule has 1 aliphatic rings. The number of amides is 2. The third-order valence-electron chi connectivity index (χ3n) is 6.39. The van der Waals surface area contributed by atoms with Crippen LogP contribution in [0.3, 0.4) is 0 Å². The van der Waals surface area contributed by atoms with Crippen LogP contribution in [-0.4, -0.2) is 55.2 Å². The Balaban J connectivity index is 1.59. The highest BCUT2D eigenvalue weighted by atomic mass is 19.1. The number of likely N-dealkylation sites (tertiary alicyclic amines) is 1. The molecular weight excluding hydrogens is 470 g/mol. The lowest BCUT2D eigenvalue weighted by Crippen LogP contribution is -2.47. The van der Waals surface area contributed by atoms with Gasteiger partial charge >= 0.3 is 5.69 Å². The van der Waals surface area contributed by atoms with E-state index in [0.717, 1.165) is 4.90 Å². The van der Waals surface area contributed by atoms with E-state index in [9.17, 15) is 23.2 Å². The number of H-pyrrole nitrogens is 1. The second-order valence-corrected chi connectivity index (χ2v) is 9.20. The summed E-state index contributed by atoms with van der Waals surface area (Å²) >= 11 is 0. The number of nitrogens with zero attached hydrogens (tertiary/aromatic N) is 4. The molecular formula is C25H28F2N6O3. The van der Waals surface area contributed by atoms with Crippen LogP contribution in [0.25, 0.3) is 0 Å². The van der Waals surface area contributed by atoms with Gasteiger partial charge in [0.2, 0.25) is 17.8 Å². The molecule has 3 atom stereocenters. The Kier molecular flexibility index (Phi) is 7.27. The van der Waals surface area contributed by atoms with Crippen LogP contribution in [0.5, 0.6) is 0 Å². The summed E-state index contributed by atoms with van der Waals surface area (Å²) < 4.78 is 30.3. The summed E-state index contributed by atoms with van der Waals surface area (Å²) in [5.74, 6) is -1.62. The van der Waals surface area contributed by atoms with Crippen LogP contribution in [0.2, 0.25) is 0 Å². The van der Waals surface area contributed by atoms with Crippen molar-refractivity contribution in [2.45, 2.75) is 50.9 Å². The van der Waals surface area contributed by atoms with Crippen LogP contribution in [0.1, 0.15) is 54.9 Å². The minimum Gasteiger partial charge on any atom is -0.342 e. The zero-order valence-corrected chi connectivity index (χ0v) is 20.2. The number of nitrogens with one attached hydrogen (secondary N) is 2. The number of hydrogen-bond donors (Lipinski definition) is 2. The van der Waals surface area contributed by atoms with Crippen molar-refractivity contribution in [1.82, 2.24) is 30.0 Å². The van der Waals surface area contributed by atoms with Crippen molar-refractivity contribution in [2.24, 2.45) is 7.05 Å². The summed E-state index contributed by atoms with van der Waals surface area (Å²) in [6.07, 6.45) is -1.83. The number of aromatic nitrogens is 4. The predicted octanol–water partition coefficient (Wildman–Crippen LogP) is 2.15. The molecule has 2 amide bonds. The van der Waals surface area contributed by atoms with Gasteiger partial charge in [0.25, 0.3) is 0 Å². The monoisotopic (exact) mass is 498 g/mol. The molecule has 0 spiro atoms. The second kappa shape index (κ2) is 10.4. The van der Waals surface area contributed by atoms with Crippen LogP contribution >= 0.6 is 0 Å². The largest absolute Gasteiger partial charge is 0.343 e. The zero-order chi connectivity index (χ0) is 26.0. The molecule has 0 radical (unpaired) electrons. The lowest BCUT2D eigenvalue weighted by molar-refractivity contribution is -0.138. The van der Waals surface area contributed by atoms with Crippen molar-refractivity contribution < 1.29 is 18.4 Å². The molecule has 0 bridgehead atoms. The van der Waals surface area contributed by atoms with Gasteiger partial charge in [-0.15, -0.1) is 0 Å². The lowest BCUT2D eigenvalue weighted by atomic mass is 9.99. The number of carbonyl (C=O) groups excluding carboxylic acids is 2. The van der Waals surface area contributed by atoms with Gasteiger partial charge in [0.15, 0.2) is 0 Å². The average Bonchev–Trinajstić information content (AvgIpc) is 3.40. The third kappa shape index (κ3) is 5.19. The SMILES string of the molecule is CC(C)c1ccc([C@@H](NC(=O)[C@@H]2C[C@@H](F)CN2C(=O)Cc2n[nH]c(=O)n2C)c2ccccc2)nc1F. The summed E-state index contributed by atoms with van der Waals surface area (Å²) in [6, 6.07) is 10.3. The first-order valence-electron chi connectivity index (χ1n) is 11.7. The molecule has 190 valence electrons. The van der Waals surface area contributed by atoms with Crippen LogP contribution in [0, 0.1) is 5.95 Å². The van der Waals surface area contributed by atoms with Gasteiger partial charge in [0.05, 0.1) is 24.7 Å². The third-order valence-corrected chi connectivity index (χ3v) is 6.39. The van der Waals surface area contributed by atoms with Crippen LogP contribution < -0.4 is 11.0 Å². The molecule has 1 aliphatic heterocycles. The predicted molar refractivity (Wildman–Crippen MR) is 127 cm³/mol. The molecule has 11 heteroatoms. The maximum Gasteiger partial charge on any atom is 0.343 e. The van der Waals surface area contributed by atoms with E-state index in [-0.39, 0.29) is 36.8 Å². The number of rotatable bonds is 7. The molecule has 2 aromatic heterocycles. The van der Waals surface area contributed by atoms with E-state index >= 15 is 0 Å². The van der Waals surface area contributed by atoms with Gasteiger partial charge in [0, 0.05) is 19.0 Å². The summed E-state index contributed by atoms with van der Waals surface area (Å²) in [5, 5.41) is 8.91. The Morgan fingerprint density at radius 3 is 2.53 bits per heavy atom. The zero-order valence-electron chi connectivity index (χ0n) is 20.2. The van der Waals surface area contributed by atoms with Crippen LogP contribution in [0.4, 0.5) is 8.78 Å². The highest BCUT2D eigenvalue weighted by Crippen LogP contribution is 2.27. The second-order valence-electron chi connectivity index (χ2n) is 9.20. The molecule has 2 N–H and O–H groups in total. The number of benzene rings is 1. The standard InChI is InChI=1S/C25H28F2N6O3/c1-14(2)17-9-10-18(28-23(17)27)22(15-7-5-4-6-8-15)29-24(35)19-11-16(26)13-33(19)21(34)12-20-30-31-25(36)32(20)3/h4-10,14,16,19,22H,11-13H2,1-3H3,(H,29,35)(H,31,36)/t16-,19+,22+/m1/s1. The molecule has 3 heterocycles. The molecule has 1 fully saturated rings. The van der Waals surface area contributed by atoms with Crippen molar-refractivity contribution in [1.29, 1.82) is 0 Å². The van der Waals surface area contributed by atoms with Gasteiger partial charge in [-0.2, -0.15) is 9.49 Å². The number of alkyl halides is 1. The van der Waals surface area contributed by atoms with E-state index in [2.05, 4.69) is 20.5 Å². The van der Waals surface area contributed by atoms with Gasteiger partial charge in [-0.3, -0.25) is 14.2 Å².